The van der Waals surface area contributed by atoms with Crippen molar-refractivity contribution >= 4 is 29.2 Å². The molecule has 3 aliphatic rings. The monoisotopic (exact) mass is 530 g/mol. The fraction of sp³-hybridized carbons (Fsp3) is 0.355. The molecule has 0 unspecified atom stereocenters. The molecule has 3 aliphatic heterocycles. The van der Waals surface area contributed by atoms with Crippen LogP contribution in [0.15, 0.2) is 36.4 Å². The van der Waals surface area contributed by atoms with Crippen molar-refractivity contribution in [3.05, 3.63) is 76.1 Å². The van der Waals surface area contributed by atoms with Crippen LogP contribution >= 0.6 is 0 Å². The number of aryl methyl sites for hydroxylation is 1. The summed E-state index contributed by atoms with van der Waals surface area (Å²) < 4.78 is 28.8. The highest BCUT2D eigenvalue weighted by Crippen LogP contribution is 2.42. The molecule has 2 amide bonds. The number of fused-ring (bicyclic) bond motifs is 1. The fourth-order valence-corrected chi connectivity index (χ4v) is 6.41. The molecular formula is C31H32F2N4O2. The van der Waals surface area contributed by atoms with Crippen LogP contribution in [-0.4, -0.2) is 58.8 Å². The van der Waals surface area contributed by atoms with Crippen LogP contribution in [0, 0.1) is 25.5 Å². The number of anilines is 1. The summed E-state index contributed by atoms with van der Waals surface area (Å²) in [6, 6.07) is 9.36. The van der Waals surface area contributed by atoms with Crippen LogP contribution in [0.1, 0.15) is 58.6 Å². The van der Waals surface area contributed by atoms with E-state index < -0.39 is 11.6 Å². The van der Waals surface area contributed by atoms with Gasteiger partial charge in [0, 0.05) is 47.3 Å². The zero-order valence-corrected chi connectivity index (χ0v) is 22.2. The third kappa shape index (κ3) is 4.46. The number of hydrogen-bond acceptors (Lipinski definition) is 3. The van der Waals surface area contributed by atoms with E-state index >= 15 is 0 Å². The van der Waals surface area contributed by atoms with Gasteiger partial charge >= 0.3 is 0 Å². The van der Waals surface area contributed by atoms with E-state index in [-0.39, 0.29) is 23.4 Å². The Labute approximate surface area is 226 Å². The molecule has 202 valence electrons. The lowest BCUT2D eigenvalue weighted by atomic mass is 9.93. The van der Waals surface area contributed by atoms with Crippen molar-refractivity contribution in [2.75, 3.05) is 31.5 Å². The molecule has 1 atom stereocenters. The van der Waals surface area contributed by atoms with E-state index in [0.717, 1.165) is 56.3 Å². The molecule has 6 nitrogen and oxygen atoms in total. The van der Waals surface area contributed by atoms with Crippen molar-refractivity contribution in [3.63, 3.8) is 0 Å². The van der Waals surface area contributed by atoms with E-state index in [1.165, 1.54) is 25.0 Å². The summed E-state index contributed by atoms with van der Waals surface area (Å²) >= 11 is 0. The van der Waals surface area contributed by atoms with E-state index in [1.54, 1.807) is 24.3 Å². The normalized spacial score (nSPS) is 20.2. The van der Waals surface area contributed by atoms with Crippen LogP contribution in [0.5, 0.6) is 0 Å². The molecule has 4 heterocycles. The third-order valence-corrected chi connectivity index (χ3v) is 8.35. The highest BCUT2D eigenvalue weighted by molar-refractivity contribution is 6.36. The summed E-state index contributed by atoms with van der Waals surface area (Å²) in [5, 5.41) is 2.84. The summed E-state index contributed by atoms with van der Waals surface area (Å²) in [4.78, 5) is 34.7. The Morgan fingerprint density at radius 2 is 1.77 bits per heavy atom. The predicted molar refractivity (Wildman–Crippen MR) is 148 cm³/mol. The van der Waals surface area contributed by atoms with Crippen molar-refractivity contribution in [1.82, 2.24) is 14.8 Å². The first-order valence-corrected chi connectivity index (χ1v) is 13.7. The van der Waals surface area contributed by atoms with Crippen molar-refractivity contribution < 1.29 is 18.4 Å². The molecule has 0 radical (unpaired) electrons. The van der Waals surface area contributed by atoms with Gasteiger partial charge in [-0.1, -0.05) is 24.3 Å². The second kappa shape index (κ2) is 10.1. The molecule has 0 aliphatic carbocycles. The number of rotatable bonds is 5. The van der Waals surface area contributed by atoms with Crippen LogP contribution in [-0.2, 0) is 4.79 Å². The predicted octanol–water partition coefficient (Wildman–Crippen LogP) is 5.77. The van der Waals surface area contributed by atoms with E-state index in [1.807, 2.05) is 18.7 Å². The van der Waals surface area contributed by atoms with Gasteiger partial charge in [-0.15, -0.1) is 0 Å². The molecule has 0 bridgehead atoms. The number of nitrogens with zero attached hydrogens (tertiary/aromatic N) is 2. The average molecular weight is 531 g/mol. The van der Waals surface area contributed by atoms with Gasteiger partial charge in [0.2, 0.25) is 0 Å². The van der Waals surface area contributed by atoms with Crippen LogP contribution in [0.2, 0.25) is 0 Å². The molecule has 1 aromatic heterocycles. The minimum Gasteiger partial charge on any atom is -0.358 e. The number of aromatic nitrogens is 1. The van der Waals surface area contributed by atoms with Gasteiger partial charge in [0.15, 0.2) is 11.6 Å². The Balaban J connectivity index is 1.36. The minimum absolute atomic E-state index is 0.0198. The summed E-state index contributed by atoms with van der Waals surface area (Å²) in [6.45, 7) is 7.63. The fourth-order valence-electron chi connectivity index (χ4n) is 6.41. The van der Waals surface area contributed by atoms with Crippen LogP contribution in [0.4, 0.5) is 14.5 Å². The Bertz CT molecular complexity index is 1500. The van der Waals surface area contributed by atoms with Gasteiger partial charge in [-0.2, -0.15) is 0 Å². The number of halogens is 2. The van der Waals surface area contributed by atoms with Crippen LogP contribution < -0.4 is 5.32 Å². The number of likely N-dealkylation sites (tertiary alicyclic amines) is 2. The van der Waals surface area contributed by atoms with Crippen molar-refractivity contribution in [2.45, 2.75) is 45.6 Å². The van der Waals surface area contributed by atoms with Gasteiger partial charge in [0.25, 0.3) is 11.8 Å². The Morgan fingerprint density at radius 3 is 2.56 bits per heavy atom. The van der Waals surface area contributed by atoms with Crippen LogP contribution in [0.3, 0.4) is 0 Å². The Hall–Kier alpha value is -3.78. The lowest BCUT2D eigenvalue weighted by Gasteiger charge is -2.28. The molecule has 2 aromatic carbocycles. The second-order valence-electron chi connectivity index (χ2n) is 10.8. The van der Waals surface area contributed by atoms with Gasteiger partial charge in [0.1, 0.15) is 0 Å². The number of carbonyl (C=O) groups excluding carboxylic acids is 2. The zero-order chi connectivity index (χ0) is 27.3. The maximum Gasteiger partial charge on any atom is 0.256 e. The minimum atomic E-state index is -0.960. The van der Waals surface area contributed by atoms with Crippen molar-refractivity contribution in [2.24, 2.45) is 0 Å². The lowest BCUT2D eigenvalue weighted by molar-refractivity contribution is -0.110. The number of amides is 2. The standard InChI is InChI=1S/C31H32F2N4O2/c1-18-26(34-19(2)27(18)31(39)37-15-7-8-20(37)17-36-13-3-4-14-36)16-23-28-21(9-6-12-25(28)35-30(23)38)22-10-5-11-24(32)29(22)33/h5-6,9-12,16,20,34H,3-4,7-8,13-15,17H2,1-2H3,(H,35,38)/b23-16-/t20-/m0/s1. The number of carbonyl (C=O) groups is 2. The van der Waals surface area contributed by atoms with Gasteiger partial charge < -0.3 is 20.1 Å². The highest BCUT2D eigenvalue weighted by atomic mass is 19.2. The van der Waals surface area contributed by atoms with Gasteiger partial charge in [-0.05, 0) is 82.0 Å². The molecule has 6 rings (SSSR count). The van der Waals surface area contributed by atoms with E-state index in [2.05, 4.69) is 15.2 Å². The molecule has 2 saturated heterocycles. The molecule has 39 heavy (non-hydrogen) atoms. The summed E-state index contributed by atoms with van der Waals surface area (Å²) in [5.74, 6) is -2.22. The van der Waals surface area contributed by atoms with Gasteiger partial charge in [-0.25, -0.2) is 8.78 Å². The van der Waals surface area contributed by atoms with E-state index in [4.69, 9.17) is 0 Å². The molecule has 0 saturated carbocycles. The molecule has 8 heteroatoms. The first-order chi connectivity index (χ1) is 18.8. The van der Waals surface area contributed by atoms with Crippen molar-refractivity contribution in [1.29, 1.82) is 0 Å². The third-order valence-electron chi connectivity index (χ3n) is 8.35. The zero-order valence-electron chi connectivity index (χ0n) is 22.2. The maximum atomic E-state index is 14.8. The Morgan fingerprint density at radius 1 is 1.03 bits per heavy atom. The summed E-state index contributed by atoms with van der Waals surface area (Å²) in [6.07, 6.45) is 6.17. The quantitative estimate of drug-likeness (QED) is 0.412. The Kier molecular flexibility index (Phi) is 6.59. The lowest BCUT2D eigenvalue weighted by Crippen LogP contribution is -2.42. The molecular weight excluding hydrogens is 498 g/mol. The second-order valence-corrected chi connectivity index (χ2v) is 10.8. The number of H-pyrrole nitrogens is 1. The maximum absolute atomic E-state index is 14.8. The van der Waals surface area contributed by atoms with Gasteiger partial charge in [0.05, 0.1) is 11.1 Å². The SMILES string of the molecule is Cc1[nH]c(/C=C2\C(=O)Nc3cccc(-c4cccc(F)c4F)c32)c(C)c1C(=O)N1CCC[C@H]1CN1CCCC1. The first-order valence-electron chi connectivity index (χ1n) is 13.7. The molecule has 3 aromatic rings. The average Bonchev–Trinajstić information content (AvgIpc) is 3.70. The van der Waals surface area contributed by atoms with E-state index in [9.17, 15) is 18.4 Å². The van der Waals surface area contributed by atoms with Crippen molar-refractivity contribution in [3.8, 4) is 11.1 Å². The number of hydrogen-bond donors (Lipinski definition) is 2. The first kappa shape index (κ1) is 25.5. The highest BCUT2D eigenvalue weighted by Gasteiger charge is 2.34. The van der Waals surface area contributed by atoms with E-state index in [0.29, 0.717) is 33.6 Å². The molecule has 2 N–H and O–H groups in total. The summed E-state index contributed by atoms with van der Waals surface area (Å²) in [5.41, 5.74) is 4.70. The molecule has 2 fully saturated rings. The number of aromatic amines is 1. The molecule has 0 spiro atoms. The topological polar surface area (TPSA) is 68.4 Å². The largest absolute Gasteiger partial charge is 0.358 e. The number of nitrogens with one attached hydrogen (secondary N) is 2. The number of benzene rings is 2. The van der Waals surface area contributed by atoms with Crippen LogP contribution in [0.25, 0.3) is 22.8 Å². The smallest absolute Gasteiger partial charge is 0.256 e. The van der Waals surface area contributed by atoms with Gasteiger partial charge in [-0.3, -0.25) is 9.59 Å². The summed E-state index contributed by atoms with van der Waals surface area (Å²) in [7, 11) is 0.